The third kappa shape index (κ3) is 10.8. The Labute approximate surface area is 300 Å². The molecule has 6 heteroatoms. The van der Waals surface area contributed by atoms with E-state index < -0.39 is 5.41 Å². The van der Waals surface area contributed by atoms with E-state index in [0.29, 0.717) is 17.8 Å². The second-order valence-corrected chi connectivity index (χ2v) is 18.9. The molecule has 6 atom stereocenters. The number of hydrogen-bond donors (Lipinski definition) is 0. The first-order chi connectivity index (χ1) is 22.2. The van der Waals surface area contributed by atoms with Crippen molar-refractivity contribution in [3.8, 4) is 0 Å². The first-order valence-corrected chi connectivity index (χ1v) is 19.1. The lowest BCUT2D eigenvalue weighted by molar-refractivity contribution is -0.170. The Kier molecular flexibility index (Phi) is 13.9. The topological polar surface area (TPSA) is 78.9 Å². The Hall–Kier alpha value is -2.37. The third-order valence-electron chi connectivity index (χ3n) is 11.6. The molecule has 1 aromatic rings. The molecule has 1 aliphatic heterocycles. The molecule has 0 radical (unpaired) electrons. The standard InChI is InChI=1S/C18H30.C14H20O4.C11H22O2/c1-9-13(2)14-10-15(17(3,4)5)12-16(11-14)18(6,7)8;1-4-14(2,3)13(16)18-10-7-5-8-9(6-7)12(15)17-11(8)10;1-7-10(3,4)9(12)13-11(5,6)8-2/h10-13H,9H2,1-8H3;7-11H,4-6H2,1-3H3;7-8H2,1-6H3. The third-order valence-corrected chi connectivity index (χ3v) is 11.6. The zero-order valence-electron chi connectivity index (χ0n) is 34.4. The van der Waals surface area contributed by atoms with Crippen molar-refractivity contribution in [3.63, 3.8) is 0 Å². The van der Waals surface area contributed by atoms with Crippen molar-refractivity contribution in [1.82, 2.24) is 0 Å². The molecular weight excluding hydrogens is 612 g/mol. The molecule has 0 aromatic heterocycles. The van der Waals surface area contributed by atoms with E-state index in [9.17, 15) is 14.4 Å². The van der Waals surface area contributed by atoms with Gasteiger partial charge < -0.3 is 14.2 Å². The van der Waals surface area contributed by atoms with Gasteiger partial charge in [-0.1, -0.05) is 94.4 Å². The van der Waals surface area contributed by atoms with Crippen molar-refractivity contribution >= 4 is 17.9 Å². The van der Waals surface area contributed by atoms with Gasteiger partial charge in [0.05, 0.1) is 16.7 Å². The van der Waals surface area contributed by atoms with E-state index in [0.717, 1.165) is 32.1 Å². The molecule has 1 heterocycles. The molecule has 4 rings (SSSR count). The van der Waals surface area contributed by atoms with E-state index in [1.165, 1.54) is 23.1 Å². The highest BCUT2D eigenvalue weighted by atomic mass is 16.6. The maximum absolute atomic E-state index is 12.1. The average molecular weight is 685 g/mol. The van der Waals surface area contributed by atoms with Gasteiger partial charge >= 0.3 is 17.9 Å². The smallest absolute Gasteiger partial charge is 0.312 e. The van der Waals surface area contributed by atoms with Gasteiger partial charge in [-0.3, -0.25) is 14.4 Å². The minimum Gasteiger partial charge on any atom is -0.459 e. The van der Waals surface area contributed by atoms with E-state index in [-0.39, 0.29) is 57.9 Å². The number of fused-ring (bicyclic) bond motifs is 1. The van der Waals surface area contributed by atoms with Crippen molar-refractivity contribution < 1.29 is 28.6 Å². The number of esters is 3. The minimum absolute atomic E-state index is 0.0779. The molecule has 2 saturated carbocycles. The number of carbonyl (C=O) groups excluding carboxylic acids is 3. The van der Waals surface area contributed by atoms with Gasteiger partial charge in [0.25, 0.3) is 0 Å². The van der Waals surface area contributed by atoms with Gasteiger partial charge in [-0.25, -0.2) is 0 Å². The summed E-state index contributed by atoms with van der Waals surface area (Å²) in [6.45, 7) is 35.9. The molecule has 1 aromatic carbocycles. The van der Waals surface area contributed by atoms with E-state index >= 15 is 0 Å². The average Bonchev–Trinajstić information content (AvgIpc) is 3.65. The van der Waals surface area contributed by atoms with Gasteiger partial charge in [-0.15, -0.1) is 0 Å². The second kappa shape index (κ2) is 15.9. The molecule has 0 amide bonds. The summed E-state index contributed by atoms with van der Waals surface area (Å²) in [5, 5.41) is 0. The predicted octanol–water partition coefficient (Wildman–Crippen LogP) is 10.9. The van der Waals surface area contributed by atoms with Gasteiger partial charge in [0, 0.05) is 11.8 Å². The predicted molar refractivity (Wildman–Crippen MR) is 201 cm³/mol. The number of benzene rings is 1. The molecule has 3 fully saturated rings. The van der Waals surface area contributed by atoms with Crippen molar-refractivity contribution in [2.75, 3.05) is 0 Å². The van der Waals surface area contributed by atoms with Crippen LogP contribution in [0.15, 0.2) is 18.2 Å². The Morgan fingerprint density at radius 1 is 0.755 bits per heavy atom. The van der Waals surface area contributed by atoms with Crippen molar-refractivity contribution in [1.29, 1.82) is 0 Å². The fourth-order valence-electron chi connectivity index (χ4n) is 6.14. The SMILES string of the molecule is CCC(C)(C)C(=O)OC1C2CC3C(=O)OC1C3C2.CCC(C)(C)OC(=O)C(C)(C)CC.CCC(C)c1cc(C(C)(C)C)cc(C(C)(C)C)c1. The molecule has 280 valence electrons. The summed E-state index contributed by atoms with van der Waals surface area (Å²) in [5.74, 6) is 1.00. The van der Waals surface area contributed by atoms with Crippen LogP contribution >= 0.6 is 0 Å². The van der Waals surface area contributed by atoms with Crippen LogP contribution in [-0.2, 0) is 39.4 Å². The van der Waals surface area contributed by atoms with E-state index in [2.05, 4.69) is 73.6 Å². The molecule has 0 N–H and O–H groups in total. The Bertz CT molecular complexity index is 1260. The van der Waals surface area contributed by atoms with Crippen molar-refractivity contribution in [2.24, 2.45) is 28.6 Å². The van der Waals surface area contributed by atoms with Crippen molar-refractivity contribution in [3.05, 3.63) is 34.9 Å². The van der Waals surface area contributed by atoms with Gasteiger partial charge in [-0.05, 0) is 114 Å². The molecule has 2 aliphatic carbocycles. The van der Waals surface area contributed by atoms with Crippen molar-refractivity contribution in [2.45, 2.75) is 191 Å². The molecular formula is C43H72O6. The summed E-state index contributed by atoms with van der Waals surface area (Å²) < 4.78 is 16.4. The van der Waals surface area contributed by atoms with Crippen LogP contribution in [0.3, 0.4) is 0 Å². The van der Waals surface area contributed by atoms with Gasteiger partial charge in [0.1, 0.15) is 17.8 Å². The van der Waals surface area contributed by atoms with Crippen LogP contribution in [0, 0.1) is 28.6 Å². The summed E-state index contributed by atoms with van der Waals surface area (Å²) in [7, 11) is 0. The lowest BCUT2D eigenvalue weighted by atomic mass is 9.78. The number of carbonyl (C=O) groups is 3. The minimum atomic E-state index is -0.455. The summed E-state index contributed by atoms with van der Waals surface area (Å²) in [6, 6.07) is 7.21. The van der Waals surface area contributed by atoms with Gasteiger partial charge in [-0.2, -0.15) is 0 Å². The Morgan fingerprint density at radius 3 is 1.67 bits per heavy atom. The highest BCUT2D eigenvalue weighted by molar-refractivity contribution is 5.78. The molecule has 6 nitrogen and oxygen atoms in total. The normalized spacial score (nSPS) is 23.9. The number of ether oxygens (including phenoxy) is 3. The van der Waals surface area contributed by atoms with Gasteiger partial charge in [0.15, 0.2) is 0 Å². The van der Waals surface area contributed by atoms with Crippen LogP contribution in [0.2, 0.25) is 0 Å². The largest absolute Gasteiger partial charge is 0.459 e. The maximum atomic E-state index is 12.1. The molecule has 3 aliphatic rings. The fourth-order valence-corrected chi connectivity index (χ4v) is 6.14. The van der Waals surface area contributed by atoms with Crippen LogP contribution in [-0.4, -0.2) is 35.7 Å². The van der Waals surface area contributed by atoms with Gasteiger partial charge in [0.2, 0.25) is 0 Å². The molecule has 2 bridgehead atoms. The van der Waals surface area contributed by atoms with Crippen LogP contribution in [0.1, 0.15) is 179 Å². The summed E-state index contributed by atoms with van der Waals surface area (Å²) in [4.78, 5) is 35.4. The Balaban J connectivity index is 0.000000260. The highest BCUT2D eigenvalue weighted by Crippen LogP contribution is 2.55. The molecule has 1 saturated heterocycles. The zero-order chi connectivity index (χ0) is 37.9. The summed E-state index contributed by atoms with van der Waals surface area (Å²) in [6.07, 6.45) is 5.06. The van der Waals surface area contributed by atoms with Crippen LogP contribution in [0.25, 0.3) is 0 Å². The maximum Gasteiger partial charge on any atom is 0.312 e. The Morgan fingerprint density at radius 2 is 1.24 bits per heavy atom. The van der Waals surface area contributed by atoms with Crippen LogP contribution in [0.4, 0.5) is 0 Å². The number of hydrogen-bond acceptors (Lipinski definition) is 6. The van der Waals surface area contributed by atoms with E-state index in [1.807, 2.05) is 62.3 Å². The molecule has 49 heavy (non-hydrogen) atoms. The zero-order valence-corrected chi connectivity index (χ0v) is 34.4. The lowest BCUT2D eigenvalue weighted by Gasteiger charge is -2.29. The quantitative estimate of drug-likeness (QED) is 0.190. The first-order valence-electron chi connectivity index (χ1n) is 19.1. The summed E-state index contributed by atoms with van der Waals surface area (Å²) in [5.41, 5.74) is 3.73. The molecule has 0 spiro atoms. The summed E-state index contributed by atoms with van der Waals surface area (Å²) >= 11 is 0. The van der Waals surface area contributed by atoms with Crippen LogP contribution < -0.4 is 0 Å². The fraction of sp³-hybridized carbons (Fsp3) is 0.791. The molecule has 6 unspecified atom stereocenters. The highest BCUT2D eigenvalue weighted by Gasteiger charge is 2.63. The van der Waals surface area contributed by atoms with E-state index in [1.54, 1.807) is 0 Å². The first kappa shape index (κ1) is 42.8. The lowest BCUT2D eigenvalue weighted by Crippen LogP contribution is -2.39. The number of rotatable bonds is 9. The van der Waals surface area contributed by atoms with Crippen LogP contribution in [0.5, 0.6) is 0 Å². The van der Waals surface area contributed by atoms with E-state index in [4.69, 9.17) is 14.2 Å². The monoisotopic (exact) mass is 685 g/mol. The second-order valence-electron chi connectivity index (χ2n) is 18.9.